The molecule has 0 unspecified atom stereocenters. The largest absolute Gasteiger partial charge is 0.481 e. The number of nitrogens with two attached hydrogens (primary N) is 1. The lowest BCUT2D eigenvalue weighted by molar-refractivity contribution is 0.381. The monoisotopic (exact) mass is 235 g/mol. The van der Waals surface area contributed by atoms with Gasteiger partial charge in [-0.2, -0.15) is 4.98 Å². The molecule has 1 heterocycles. The summed E-state index contributed by atoms with van der Waals surface area (Å²) in [7, 11) is 1.64. The third kappa shape index (κ3) is 2.57. The van der Waals surface area contributed by atoms with Crippen LogP contribution in [0, 0.1) is 6.92 Å². The van der Waals surface area contributed by atoms with Crippen molar-refractivity contribution in [2.24, 2.45) is 5.73 Å². The first-order valence-corrected chi connectivity index (χ1v) is 6.37. The molecule has 2 rings (SSSR count). The average molecular weight is 235 g/mol. The van der Waals surface area contributed by atoms with E-state index in [0.29, 0.717) is 18.3 Å². The van der Waals surface area contributed by atoms with Crippen molar-refractivity contribution in [2.75, 3.05) is 7.11 Å². The van der Waals surface area contributed by atoms with Crippen LogP contribution in [0.15, 0.2) is 0 Å². The van der Waals surface area contributed by atoms with Gasteiger partial charge in [-0.05, 0) is 19.8 Å². The highest BCUT2D eigenvalue weighted by atomic mass is 16.5. The smallest absolute Gasteiger partial charge is 0.221 e. The molecule has 1 aromatic heterocycles. The van der Waals surface area contributed by atoms with Crippen LogP contribution in [0.1, 0.15) is 55.1 Å². The number of hydrogen-bond donors (Lipinski definition) is 1. The normalized spacial score (nSPS) is 17.1. The number of nitrogens with zero attached hydrogens (tertiary/aromatic N) is 2. The van der Waals surface area contributed by atoms with Crippen molar-refractivity contribution in [1.29, 1.82) is 0 Å². The van der Waals surface area contributed by atoms with Gasteiger partial charge in [0.1, 0.15) is 5.82 Å². The van der Waals surface area contributed by atoms with E-state index in [1.54, 1.807) is 7.11 Å². The fraction of sp³-hybridized carbons (Fsp3) is 0.692. The van der Waals surface area contributed by atoms with E-state index in [-0.39, 0.29) is 0 Å². The van der Waals surface area contributed by atoms with E-state index in [2.05, 4.69) is 9.97 Å². The lowest BCUT2D eigenvalue weighted by Crippen LogP contribution is -2.15. The minimum atomic E-state index is 0.454. The maximum Gasteiger partial charge on any atom is 0.221 e. The zero-order valence-electron chi connectivity index (χ0n) is 10.7. The van der Waals surface area contributed by atoms with Crippen LogP contribution in [-0.2, 0) is 6.54 Å². The maximum absolute atomic E-state index is 5.82. The number of methoxy groups -OCH3 is 1. The minimum Gasteiger partial charge on any atom is -0.481 e. The molecule has 2 N–H and O–H groups in total. The van der Waals surface area contributed by atoms with Crippen molar-refractivity contribution in [3.05, 3.63) is 17.1 Å². The van der Waals surface area contributed by atoms with E-state index in [9.17, 15) is 0 Å². The van der Waals surface area contributed by atoms with Crippen LogP contribution in [0.4, 0.5) is 0 Å². The Labute approximate surface area is 103 Å². The third-order valence-corrected chi connectivity index (χ3v) is 3.50. The number of hydrogen-bond acceptors (Lipinski definition) is 4. The van der Waals surface area contributed by atoms with Crippen molar-refractivity contribution in [1.82, 2.24) is 9.97 Å². The summed E-state index contributed by atoms with van der Waals surface area (Å²) in [5, 5.41) is 0. The lowest BCUT2D eigenvalue weighted by Gasteiger charge is -2.24. The first-order valence-electron chi connectivity index (χ1n) is 6.37. The Kier molecular flexibility index (Phi) is 3.94. The van der Waals surface area contributed by atoms with Crippen LogP contribution in [0.5, 0.6) is 5.88 Å². The molecule has 0 aliphatic heterocycles. The van der Waals surface area contributed by atoms with Crippen LogP contribution in [0.3, 0.4) is 0 Å². The highest BCUT2D eigenvalue weighted by Gasteiger charge is 2.22. The van der Waals surface area contributed by atoms with Crippen molar-refractivity contribution < 1.29 is 4.74 Å². The van der Waals surface area contributed by atoms with Gasteiger partial charge in [0.25, 0.3) is 0 Å². The van der Waals surface area contributed by atoms with Crippen molar-refractivity contribution in [3.63, 3.8) is 0 Å². The van der Waals surface area contributed by atoms with Gasteiger partial charge in [-0.25, -0.2) is 4.98 Å². The Morgan fingerprint density at radius 3 is 2.53 bits per heavy atom. The second-order valence-corrected chi connectivity index (χ2v) is 4.68. The molecule has 1 fully saturated rings. The summed E-state index contributed by atoms with van der Waals surface area (Å²) in [5.74, 6) is 1.97. The SMILES string of the molecule is COc1nc(C)nc(C2CCCCC2)c1CN. The summed E-state index contributed by atoms with van der Waals surface area (Å²) in [5.41, 5.74) is 7.94. The molecular formula is C13H21N3O. The number of aromatic nitrogens is 2. The molecule has 4 nitrogen and oxygen atoms in total. The van der Waals surface area contributed by atoms with Crippen LogP contribution in [-0.4, -0.2) is 17.1 Å². The molecule has 17 heavy (non-hydrogen) atoms. The summed E-state index contributed by atoms with van der Waals surface area (Å²) in [6, 6.07) is 0. The Hall–Kier alpha value is -1.16. The summed E-state index contributed by atoms with van der Waals surface area (Å²) in [6.07, 6.45) is 6.36. The summed E-state index contributed by atoms with van der Waals surface area (Å²) in [6.45, 7) is 2.37. The van der Waals surface area contributed by atoms with E-state index in [1.165, 1.54) is 32.1 Å². The van der Waals surface area contributed by atoms with E-state index in [4.69, 9.17) is 10.5 Å². The van der Waals surface area contributed by atoms with E-state index in [0.717, 1.165) is 17.1 Å². The van der Waals surface area contributed by atoms with Crippen molar-refractivity contribution in [2.45, 2.75) is 51.5 Å². The molecule has 1 aliphatic rings. The molecule has 1 aromatic rings. The van der Waals surface area contributed by atoms with Gasteiger partial charge in [0.2, 0.25) is 5.88 Å². The molecule has 0 amide bonds. The highest BCUT2D eigenvalue weighted by molar-refractivity contribution is 5.33. The van der Waals surface area contributed by atoms with Gasteiger partial charge < -0.3 is 10.5 Å². The molecular weight excluding hydrogens is 214 g/mol. The van der Waals surface area contributed by atoms with E-state index in [1.807, 2.05) is 6.92 Å². The van der Waals surface area contributed by atoms with Gasteiger partial charge in [0.05, 0.1) is 12.8 Å². The molecule has 0 bridgehead atoms. The molecule has 1 aliphatic carbocycles. The Morgan fingerprint density at radius 2 is 1.94 bits per heavy atom. The zero-order chi connectivity index (χ0) is 12.3. The first kappa shape index (κ1) is 12.3. The molecule has 0 atom stereocenters. The fourth-order valence-electron chi connectivity index (χ4n) is 2.67. The molecule has 0 saturated heterocycles. The van der Waals surface area contributed by atoms with Gasteiger partial charge in [0.15, 0.2) is 0 Å². The van der Waals surface area contributed by atoms with Gasteiger partial charge in [-0.15, -0.1) is 0 Å². The van der Waals surface area contributed by atoms with Gasteiger partial charge in [-0.1, -0.05) is 19.3 Å². The molecule has 4 heteroatoms. The average Bonchev–Trinajstić information content (AvgIpc) is 2.38. The second kappa shape index (κ2) is 5.45. The zero-order valence-corrected chi connectivity index (χ0v) is 10.7. The molecule has 1 saturated carbocycles. The topological polar surface area (TPSA) is 61.0 Å². The van der Waals surface area contributed by atoms with Gasteiger partial charge in [0, 0.05) is 18.0 Å². The Morgan fingerprint density at radius 1 is 1.24 bits per heavy atom. The van der Waals surface area contributed by atoms with Crippen LogP contribution < -0.4 is 10.5 Å². The van der Waals surface area contributed by atoms with Gasteiger partial charge in [-0.3, -0.25) is 0 Å². The van der Waals surface area contributed by atoms with Crippen molar-refractivity contribution >= 4 is 0 Å². The Bertz CT molecular complexity index is 386. The standard InChI is InChI=1S/C13H21N3O/c1-9-15-12(10-6-4-3-5-7-10)11(8-14)13(16-9)17-2/h10H,3-8,14H2,1-2H3. The number of rotatable bonds is 3. The number of ether oxygens (including phenoxy) is 1. The van der Waals surface area contributed by atoms with Crippen LogP contribution in [0.2, 0.25) is 0 Å². The van der Waals surface area contributed by atoms with Crippen LogP contribution >= 0.6 is 0 Å². The number of aryl methyl sites for hydroxylation is 1. The van der Waals surface area contributed by atoms with E-state index >= 15 is 0 Å². The first-order chi connectivity index (χ1) is 8.26. The molecule has 0 radical (unpaired) electrons. The third-order valence-electron chi connectivity index (χ3n) is 3.50. The van der Waals surface area contributed by atoms with E-state index < -0.39 is 0 Å². The fourth-order valence-corrected chi connectivity index (χ4v) is 2.67. The lowest BCUT2D eigenvalue weighted by atomic mass is 9.85. The van der Waals surface area contributed by atoms with Crippen LogP contribution in [0.25, 0.3) is 0 Å². The summed E-state index contributed by atoms with van der Waals surface area (Å²) in [4.78, 5) is 8.91. The Balaban J connectivity index is 2.39. The van der Waals surface area contributed by atoms with Gasteiger partial charge >= 0.3 is 0 Å². The van der Waals surface area contributed by atoms with Crippen molar-refractivity contribution in [3.8, 4) is 5.88 Å². The maximum atomic E-state index is 5.82. The highest BCUT2D eigenvalue weighted by Crippen LogP contribution is 2.35. The molecule has 94 valence electrons. The summed E-state index contributed by atoms with van der Waals surface area (Å²) >= 11 is 0. The molecule has 0 spiro atoms. The minimum absolute atomic E-state index is 0.454. The quantitative estimate of drug-likeness (QED) is 0.873. The second-order valence-electron chi connectivity index (χ2n) is 4.68. The summed E-state index contributed by atoms with van der Waals surface area (Å²) < 4.78 is 5.32. The molecule has 0 aromatic carbocycles. The predicted octanol–water partition coefficient (Wildman–Crippen LogP) is 2.30. The predicted molar refractivity (Wildman–Crippen MR) is 67.0 cm³/mol.